The SMILES string of the molecule is Cc1ccccc1CC(=O)NCC(O)CN1CCOCC1. The minimum Gasteiger partial charge on any atom is -0.390 e. The van der Waals surface area contributed by atoms with E-state index >= 15 is 0 Å². The van der Waals surface area contributed by atoms with Gasteiger partial charge in [-0.15, -0.1) is 0 Å². The summed E-state index contributed by atoms with van der Waals surface area (Å²) in [7, 11) is 0. The molecule has 0 aliphatic carbocycles. The molecule has 5 nitrogen and oxygen atoms in total. The molecule has 1 saturated heterocycles. The quantitative estimate of drug-likeness (QED) is 0.794. The molecule has 2 N–H and O–H groups in total. The van der Waals surface area contributed by atoms with Crippen molar-refractivity contribution in [3.63, 3.8) is 0 Å². The molecule has 1 heterocycles. The number of carbonyl (C=O) groups excluding carboxylic acids is 1. The van der Waals surface area contributed by atoms with Crippen LogP contribution in [0.25, 0.3) is 0 Å². The highest BCUT2D eigenvalue weighted by Gasteiger charge is 2.15. The Kier molecular flexibility index (Phi) is 6.17. The molecular formula is C16H24N2O3. The zero-order chi connectivity index (χ0) is 15.1. The lowest BCUT2D eigenvalue weighted by molar-refractivity contribution is -0.121. The third-order valence-corrected chi connectivity index (χ3v) is 3.72. The van der Waals surface area contributed by atoms with E-state index in [-0.39, 0.29) is 5.91 Å². The zero-order valence-electron chi connectivity index (χ0n) is 12.5. The zero-order valence-corrected chi connectivity index (χ0v) is 12.5. The predicted molar refractivity (Wildman–Crippen MR) is 81.2 cm³/mol. The number of hydrogen-bond acceptors (Lipinski definition) is 4. The normalized spacial score (nSPS) is 17.4. The Morgan fingerprint density at radius 1 is 1.38 bits per heavy atom. The number of amides is 1. The summed E-state index contributed by atoms with van der Waals surface area (Å²) in [5, 5.41) is 12.8. The second-order valence-electron chi connectivity index (χ2n) is 5.47. The topological polar surface area (TPSA) is 61.8 Å². The largest absolute Gasteiger partial charge is 0.390 e. The average molecular weight is 292 g/mol. The van der Waals surface area contributed by atoms with Gasteiger partial charge in [-0.3, -0.25) is 9.69 Å². The number of rotatable bonds is 6. The maximum absolute atomic E-state index is 11.9. The molecule has 5 heteroatoms. The first-order valence-corrected chi connectivity index (χ1v) is 7.44. The Balaban J connectivity index is 1.69. The number of morpholine rings is 1. The molecule has 0 spiro atoms. The van der Waals surface area contributed by atoms with Crippen molar-refractivity contribution >= 4 is 5.91 Å². The summed E-state index contributed by atoms with van der Waals surface area (Å²) in [5.74, 6) is -0.0506. The molecule has 21 heavy (non-hydrogen) atoms. The van der Waals surface area contributed by atoms with Gasteiger partial charge in [0, 0.05) is 26.2 Å². The monoisotopic (exact) mass is 292 g/mol. The van der Waals surface area contributed by atoms with Crippen LogP contribution in [0.3, 0.4) is 0 Å². The summed E-state index contributed by atoms with van der Waals surface area (Å²) in [6.07, 6.45) is -0.180. The van der Waals surface area contributed by atoms with Gasteiger partial charge in [-0.05, 0) is 18.1 Å². The van der Waals surface area contributed by atoms with E-state index in [1.165, 1.54) is 0 Å². The number of β-amino-alcohol motifs (C(OH)–C–C–N with tert-alkyl or cyclic N) is 1. The first-order chi connectivity index (χ1) is 10.1. The smallest absolute Gasteiger partial charge is 0.224 e. The van der Waals surface area contributed by atoms with E-state index in [1.54, 1.807) is 0 Å². The summed E-state index contributed by atoms with van der Waals surface area (Å²) in [4.78, 5) is 14.1. The van der Waals surface area contributed by atoms with E-state index in [1.807, 2.05) is 31.2 Å². The summed E-state index contributed by atoms with van der Waals surface area (Å²) in [6.45, 7) is 5.98. The first-order valence-electron chi connectivity index (χ1n) is 7.44. The molecule has 0 bridgehead atoms. The van der Waals surface area contributed by atoms with Crippen LogP contribution in [0.4, 0.5) is 0 Å². The number of aryl methyl sites for hydroxylation is 1. The standard InChI is InChI=1S/C16H24N2O3/c1-13-4-2-3-5-14(13)10-16(20)17-11-15(19)12-18-6-8-21-9-7-18/h2-5,15,19H,6-12H2,1H3,(H,17,20). The Morgan fingerprint density at radius 2 is 2.10 bits per heavy atom. The van der Waals surface area contributed by atoms with Gasteiger partial charge in [-0.25, -0.2) is 0 Å². The number of hydrogen-bond donors (Lipinski definition) is 2. The van der Waals surface area contributed by atoms with Crippen molar-refractivity contribution in [1.29, 1.82) is 0 Å². The van der Waals surface area contributed by atoms with E-state index < -0.39 is 6.10 Å². The van der Waals surface area contributed by atoms with Gasteiger partial charge in [0.05, 0.1) is 25.7 Å². The highest BCUT2D eigenvalue weighted by atomic mass is 16.5. The van der Waals surface area contributed by atoms with E-state index in [4.69, 9.17) is 4.74 Å². The average Bonchev–Trinajstić information content (AvgIpc) is 2.49. The van der Waals surface area contributed by atoms with Crippen molar-refractivity contribution in [3.8, 4) is 0 Å². The van der Waals surface area contributed by atoms with E-state index in [0.717, 1.165) is 24.2 Å². The summed E-state index contributed by atoms with van der Waals surface area (Å²) >= 11 is 0. The van der Waals surface area contributed by atoms with E-state index in [0.29, 0.717) is 32.7 Å². The van der Waals surface area contributed by atoms with Gasteiger partial charge >= 0.3 is 0 Å². The van der Waals surface area contributed by atoms with Crippen LogP contribution in [-0.2, 0) is 16.0 Å². The number of ether oxygens (including phenoxy) is 1. The molecule has 1 fully saturated rings. The Labute approximate surface area is 125 Å². The van der Waals surface area contributed by atoms with Gasteiger partial charge in [0.2, 0.25) is 5.91 Å². The molecular weight excluding hydrogens is 268 g/mol. The highest BCUT2D eigenvalue weighted by molar-refractivity contribution is 5.78. The molecule has 116 valence electrons. The lowest BCUT2D eigenvalue weighted by Gasteiger charge is -2.28. The van der Waals surface area contributed by atoms with Gasteiger partial charge in [-0.1, -0.05) is 24.3 Å². The lowest BCUT2D eigenvalue weighted by atomic mass is 10.1. The van der Waals surface area contributed by atoms with Gasteiger partial charge in [0.25, 0.3) is 0 Å². The number of aliphatic hydroxyl groups is 1. The van der Waals surface area contributed by atoms with Crippen LogP contribution in [0, 0.1) is 6.92 Å². The van der Waals surface area contributed by atoms with E-state index in [2.05, 4.69) is 10.2 Å². The third-order valence-electron chi connectivity index (χ3n) is 3.72. The number of benzene rings is 1. The predicted octanol–water partition coefficient (Wildman–Crippen LogP) is 0.347. The molecule has 1 aromatic carbocycles. The molecule has 1 unspecified atom stereocenters. The summed E-state index contributed by atoms with van der Waals surface area (Å²) in [5.41, 5.74) is 2.14. The number of nitrogens with zero attached hydrogens (tertiary/aromatic N) is 1. The van der Waals surface area contributed by atoms with Crippen molar-refractivity contribution in [2.45, 2.75) is 19.4 Å². The fourth-order valence-corrected chi connectivity index (χ4v) is 2.42. The van der Waals surface area contributed by atoms with Crippen molar-refractivity contribution in [2.75, 3.05) is 39.4 Å². The first kappa shape index (κ1) is 15.9. The van der Waals surface area contributed by atoms with Gasteiger partial charge < -0.3 is 15.2 Å². The van der Waals surface area contributed by atoms with Crippen LogP contribution in [0.15, 0.2) is 24.3 Å². The van der Waals surface area contributed by atoms with Gasteiger partial charge in [0.15, 0.2) is 0 Å². The second-order valence-corrected chi connectivity index (χ2v) is 5.47. The van der Waals surface area contributed by atoms with Crippen molar-refractivity contribution in [2.24, 2.45) is 0 Å². The molecule has 1 amide bonds. The van der Waals surface area contributed by atoms with Crippen molar-refractivity contribution < 1.29 is 14.6 Å². The molecule has 1 aliphatic heterocycles. The van der Waals surface area contributed by atoms with Crippen molar-refractivity contribution in [3.05, 3.63) is 35.4 Å². The number of carbonyl (C=O) groups is 1. The Morgan fingerprint density at radius 3 is 2.81 bits per heavy atom. The Hall–Kier alpha value is -1.43. The van der Waals surface area contributed by atoms with Crippen LogP contribution in [0.5, 0.6) is 0 Å². The minimum atomic E-state index is -0.538. The fourth-order valence-electron chi connectivity index (χ4n) is 2.42. The maximum atomic E-state index is 11.9. The van der Waals surface area contributed by atoms with Crippen molar-refractivity contribution in [1.82, 2.24) is 10.2 Å². The Bertz CT molecular complexity index is 459. The molecule has 1 aliphatic rings. The lowest BCUT2D eigenvalue weighted by Crippen LogP contribution is -2.44. The van der Waals surface area contributed by atoms with Crippen LogP contribution in [-0.4, -0.2) is 61.4 Å². The van der Waals surface area contributed by atoms with Crippen LogP contribution < -0.4 is 5.32 Å². The molecule has 1 aromatic rings. The molecule has 0 radical (unpaired) electrons. The second kappa shape index (κ2) is 8.12. The van der Waals surface area contributed by atoms with Gasteiger partial charge in [0.1, 0.15) is 0 Å². The highest BCUT2D eigenvalue weighted by Crippen LogP contribution is 2.07. The van der Waals surface area contributed by atoms with Crippen LogP contribution >= 0.6 is 0 Å². The summed E-state index contributed by atoms with van der Waals surface area (Å²) in [6, 6.07) is 7.85. The summed E-state index contributed by atoms with van der Waals surface area (Å²) < 4.78 is 5.26. The van der Waals surface area contributed by atoms with Crippen LogP contribution in [0.1, 0.15) is 11.1 Å². The van der Waals surface area contributed by atoms with E-state index in [9.17, 15) is 9.90 Å². The molecule has 1 atom stereocenters. The fraction of sp³-hybridized carbons (Fsp3) is 0.562. The third kappa shape index (κ3) is 5.46. The number of aliphatic hydroxyl groups excluding tert-OH is 1. The van der Waals surface area contributed by atoms with Crippen LogP contribution in [0.2, 0.25) is 0 Å². The minimum absolute atomic E-state index is 0.0506. The molecule has 0 saturated carbocycles. The maximum Gasteiger partial charge on any atom is 0.224 e. The number of nitrogens with one attached hydrogen (secondary N) is 1. The molecule has 2 rings (SSSR count). The van der Waals surface area contributed by atoms with Gasteiger partial charge in [-0.2, -0.15) is 0 Å². The molecule has 0 aromatic heterocycles.